The molecule has 1 amide bonds. The minimum absolute atomic E-state index is 0.137. The quantitative estimate of drug-likeness (QED) is 0.484. The summed E-state index contributed by atoms with van der Waals surface area (Å²) in [5, 5.41) is 10.7. The molecule has 3 aromatic heterocycles. The maximum absolute atomic E-state index is 13.3. The number of nitrogens with one attached hydrogen (secondary N) is 2. The summed E-state index contributed by atoms with van der Waals surface area (Å²) in [6.45, 7) is 2.51. The van der Waals surface area contributed by atoms with E-state index in [0.29, 0.717) is 17.9 Å². The van der Waals surface area contributed by atoms with E-state index in [1.54, 1.807) is 30.9 Å². The molecule has 0 aliphatic carbocycles. The number of pyridine rings is 1. The molecule has 9 nitrogen and oxygen atoms in total. The van der Waals surface area contributed by atoms with Crippen LogP contribution in [0.3, 0.4) is 0 Å². The van der Waals surface area contributed by atoms with Crippen molar-refractivity contribution in [1.29, 1.82) is 0 Å². The summed E-state index contributed by atoms with van der Waals surface area (Å²) < 4.78 is 29.6. The number of hydrogen-bond acceptors (Lipinski definition) is 5. The number of benzene rings is 1. The Morgan fingerprint density at radius 1 is 1.22 bits per heavy atom. The van der Waals surface area contributed by atoms with Gasteiger partial charge in [-0.2, -0.15) is 9.40 Å². The summed E-state index contributed by atoms with van der Waals surface area (Å²) in [6, 6.07) is 11.0. The number of hydrogen-bond donors (Lipinski definition) is 2. The summed E-state index contributed by atoms with van der Waals surface area (Å²) in [5.74, 6) is -0.339. The minimum Gasteiger partial charge on any atom is -0.347 e. The second kappa shape index (κ2) is 7.57. The van der Waals surface area contributed by atoms with Crippen LogP contribution in [0.25, 0.3) is 10.9 Å². The van der Waals surface area contributed by atoms with Gasteiger partial charge in [0.1, 0.15) is 10.6 Å². The molecular formula is C22H22N6O3S. The van der Waals surface area contributed by atoms with Crippen LogP contribution in [0.4, 0.5) is 0 Å². The molecule has 0 bridgehead atoms. The first kappa shape index (κ1) is 20.4. The highest BCUT2D eigenvalue weighted by molar-refractivity contribution is 7.89. The maximum atomic E-state index is 13.3. The zero-order valence-electron chi connectivity index (χ0n) is 17.7. The SMILES string of the molecule is Cc1c(S(=O)(=O)N2Cc3cn[nH]c3C2)cc(C(=O)NCc2cccc3ncccc23)n1C. The van der Waals surface area contributed by atoms with Crippen molar-refractivity contribution in [3.8, 4) is 0 Å². The van der Waals surface area contributed by atoms with Crippen LogP contribution in [-0.4, -0.2) is 38.4 Å². The third-order valence-electron chi connectivity index (χ3n) is 6.00. The Labute approximate surface area is 185 Å². The lowest BCUT2D eigenvalue weighted by Gasteiger charge is -2.15. The van der Waals surface area contributed by atoms with Crippen molar-refractivity contribution in [2.24, 2.45) is 7.05 Å². The molecule has 0 saturated carbocycles. The molecule has 1 aliphatic heterocycles. The summed E-state index contributed by atoms with van der Waals surface area (Å²) in [5.41, 5.74) is 4.26. The number of amides is 1. The average molecular weight is 451 g/mol. The summed E-state index contributed by atoms with van der Waals surface area (Å²) in [4.78, 5) is 17.4. The zero-order valence-corrected chi connectivity index (χ0v) is 18.5. The number of fused-ring (bicyclic) bond motifs is 2. The number of rotatable bonds is 5. The lowest BCUT2D eigenvalue weighted by atomic mass is 10.1. The van der Waals surface area contributed by atoms with Gasteiger partial charge in [-0.15, -0.1) is 0 Å². The third-order valence-corrected chi connectivity index (χ3v) is 7.91. The highest BCUT2D eigenvalue weighted by atomic mass is 32.2. The van der Waals surface area contributed by atoms with Crippen LogP contribution >= 0.6 is 0 Å². The van der Waals surface area contributed by atoms with Crippen molar-refractivity contribution < 1.29 is 13.2 Å². The first-order valence-corrected chi connectivity index (χ1v) is 11.6. The van der Waals surface area contributed by atoms with Gasteiger partial charge in [-0.1, -0.05) is 18.2 Å². The maximum Gasteiger partial charge on any atom is 0.268 e. The summed E-state index contributed by atoms with van der Waals surface area (Å²) in [7, 11) is -2.07. The molecule has 0 radical (unpaired) electrons. The number of H-pyrrole nitrogens is 1. The fourth-order valence-corrected chi connectivity index (χ4v) is 5.74. The molecular weight excluding hydrogens is 428 g/mol. The number of carbonyl (C=O) groups is 1. The number of aromatic nitrogens is 4. The van der Waals surface area contributed by atoms with Gasteiger partial charge in [0.2, 0.25) is 10.0 Å². The van der Waals surface area contributed by atoms with Gasteiger partial charge in [0.25, 0.3) is 5.91 Å². The van der Waals surface area contributed by atoms with E-state index in [2.05, 4.69) is 20.5 Å². The van der Waals surface area contributed by atoms with Crippen LogP contribution in [0.2, 0.25) is 0 Å². The molecule has 4 aromatic rings. The van der Waals surface area contributed by atoms with E-state index in [9.17, 15) is 13.2 Å². The number of sulfonamides is 1. The van der Waals surface area contributed by atoms with E-state index in [0.717, 1.165) is 27.7 Å². The largest absolute Gasteiger partial charge is 0.347 e. The number of carbonyl (C=O) groups excluding carboxylic acids is 1. The predicted octanol–water partition coefficient (Wildman–Crippen LogP) is 2.24. The van der Waals surface area contributed by atoms with Gasteiger partial charge in [0.15, 0.2) is 0 Å². The Hall–Kier alpha value is -3.50. The first-order valence-electron chi connectivity index (χ1n) is 10.1. The van der Waals surface area contributed by atoms with E-state index in [-0.39, 0.29) is 23.9 Å². The second-order valence-electron chi connectivity index (χ2n) is 7.86. The molecule has 0 atom stereocenters. The van der Waals surface area contributed by atoms with Crippen LogP contribution in [-0.2, 0) is 36.7 Å². The van der Waals surface area contributed by atoms with Gasteiger partial charge in [0, 0.05) is 43.0 Å². The molecule has 32 heavy (non-hydrogen) atoms. The molecule has 0 fully saturated rings. The van der Waals surface area contributed by atoms with Crippen molar-refractivity contribution in [1.82, 2.24) is 29.4 Å². The topological polar surface area (TPSA) is 113 Å². The lowest BCUT2D eigenvalue weighted by molar-refractivity contribution is 0.0942. The van der Waals surface area contributed by atoms with Crippen molar-refractivity contribution >= 4 is 26.8 Å². The predicted molar refractivity (Wildman–Crippen MR) is 118 cm³/mol. The van der Waals surface area contributed by atoms with Gasteiger partial charge in [-0.25, -0.2) is 8.42 Å². The Morgan fingerprint density at radius 2 is 2.06 bits per heavy atom. The van der Waals surface area contributed by atoms with Crippen LogP contribution in [0.1, 0.15) is 33.0 Å². The Bertz CT molecular complexity index is 1430. The van der Waals surface area contributed by atoms with Crippen LogP contribution in [0.15, 0.2) is 53.7 Å². The zero-order chi connectivity index (χ0) is 22.5. The third kappa shape index (κ3) is 3.28. The van der Waals surface area contributed by atoms with E-state index in [1.807, 2.05) is 30.3 Å². The molecule has 164 valence electrons. The van der Waals surface area contributed by atoms with Gasteiger partial charge in [-0.3, -0.25) is 14.9 Å². The normalized spacial score (nSPS) is 14.1. The van der Waals surface area contributed by atoms with Crippen LogP contribution < -0.4 is 5.32 Å². The van der Waals surface area contributed by atoms with Crippen molar-refractivity contribution in [3.05, 3.63) is 77.0 Å². The van der Waals surface area contributed by atoms with Crippen LogP contribution in [0, 0.1) is 6.92 Å². The second-order valence-corrected chi connectivity index (χ2v) is 9.76. The van der Waals surface area contributed by atoms with E-state index < -0.39 is 10.0 Å². The van der Waals surface area contributed by atoms with E-state index in [4.69, 9.17) is 0 Å². The Morgan fingerprint density at radius 3 is 2.88 bits per heavy atom. The molecule has 5 rings (SSSR count). The highest BCUT2D eigenvalue weighted by Crippen LogP contribution is 2.30. The Balaban J connectivity index is 1.38. The monoisotopic (exact) mass is 450 g/mol. The smallest absolute Gasteiger partial charge is 0.268 e. The van der Waals surface area contributed by atoms with E-state index in [1.165, 1.54) is 10.4 Å². The standard InChI is InChI=1S/C22H22N6O3S/c1-14-21(32(30,31)28-12-16-11-25-26-19(16)13-28)9-20(27(14)2)22(29)24-10-15-5-3-7-18-17(15)6-4-8-23-18/h3-9,11H,10,12-13H2,1-2H3,(H,24,29)(H,25,26). The van der Waals surface area contributed by atoms with Crippen LogP contribution in [0.5, 0.6) is 0 Å². The number of aromatic amines is 1. The van der Waals surface area contributed by atoms with E-state index >= 15 is 0 Å². The summed E-state index contributed by atoms with van der Waals surface area (Å²) in [6.07, 6.45) is 3.37. The fraction of sp³-hybridized carbons (Fsp3) is 0.227. The molecule has 0 unspecified atom stereocenters. The average Bonchev–Trinajstić information content (AvgIpc) is 3.47. The first-order chi connectivity index (χ1) is 15.4. The minimum atomic E-state index is -3.76. The molecule has 2 N–H and O–H groups in total. The molecule has 4 heterocycles. The molecule has 1 aromatic carbocycles. The van der Waals surface area contributed by atoms with Gasteiger partial charge in [0.05, 0.1) is 24.0 Å². The molecule has 0 spiro atoms. The number of nitrogens with zero attached hydrogens (tertiary/aromatic N) is 4. The fourth-order valence-electron chi connectivity index (χ4n) is 4.08. The molecule has 1 aliphatic rings. The summed E-state index contributed by atoms with van der Waals surface area (Å²) >= 11 is 0. The van der Waals surface area contributed by atoms with Gasteiger partial charge in [-0.05, 0) is 30.7 Å². The van der Waals surface area contributed by atoms with Gasteiger partial charge >= 0.3 is 0 Å². The van der Waals surface area contributed by atoms with Crippen molar-refractivity contribution in [3.63, 3.8) is 0 Å². The van der Waals surface area contributed by atoms with Crippen molar-refractivity contribution in [2.75, 3.05) is 0 Å². The van der Waals surface area contributed by atoms with Crippen molar-refractivity contribution in [2.45, 2.75) is 31.5 Å². The molecule has 10 heteroatoms. The lowest BCUT2D eigenvalue weighted by Crippen LogP contribution is -2.26. The van der Waals surface area contributed by atoms with Gasteiger partial charge < -0.3 is 9.88 Å². The Kier molecular flexibility index (Phi) is 4.83. The molecule has 0 saturated heterocycles. The highest BCUT2D eigenvalue weighted by Gasteiger charge is 2.34.